The number of esters is 1. The van der Waals surface area contributed by atoms with Gasteiger partial charge >= 0.3 is 5.97 Å². The summed E-state index contributed by atoms with van der Waals surface area (Å²) in [7, 11) is 1.42. The number of hydrogen-bond donors (Lipinski definition) is 0. The van der Waals surface area contributed by atoms with Crippen LogP contribution in [0.3, 0.4) is 0 Å². The van der Waals surface area contributed by atoms with Crippen LogP contribution in [0.15, 0.2) is 24.3 Å². The zero-order chi connectivity index (χ0) is 11.5. The minimum absolute atomic E-state index is 0.0960. The molecule has 0 bridgehead atoms. The van der Waals surface area contributed by atoms with Crippen LogP contribution in [0.2, 0.25) is 5.02 Å². The minimum Gasteiger partial charge on any atom is -0.468 e. The van der Waals surface area contributed by atoms with Crippen LogP contribution in [0, 0.1) is 0 Å². The van der Waals surface area contributed by atoms with Gasteiger partial charge in [-0.1, -0.05) is 29.8 Å². The predicted molar refractivity (Wildman–Crippen MR) is 62.3 cm³/mol. The van der Waals surface area contributed by atoms with Crippen LogP contribution in [-0.2, 0) is 16.1 Å². The number of benzene rings is 1. The van der Waals surface area contributed by atoms with Crippen molar-refractivity contribution in [2.75, 3.05) is 13.7 Å². The van der Waals surface area contributed by atoms with E-state index in [9.17, 15) is 4.79 Å². The van der Waals surface area contributed by atoms with Crippen LogP contribution in [-0.4, -0.2) is 30.6 Å². The van der Waals surface area contributed by atoms with E-state index in [1.807, 2.05) is 24.3 Å². The number of hydrogen-bond acceptors (Lipinski definition) is 3. The molecule has 0 radical (unpaired) electrons. The highest BCUT2D eigenvalue weighted by atomic mass is 35.5. The third-order valence-corrected chi connectivity index (χ3v) is 3.30. The molecular weight excluding hydrogens is 226 g/mol. The smallest absolute Gasteiger partial charge is 0.323 e. The molecule has 3 nitrogen and oxygen atoms in total. The molecule has 1 aromatic rings. The third-order valence-electron chi connectivity index (χ3n) is 2.94. The van der Waals surface area contributed by atoms with E-state index in [4.69, 9.17) is 16.3 Å². The Kier molecular flexibility index (Phi) is 3.46. The lowest BCUT2D eigenvalue weighted by atomic mass is 10.0. The molecule has 0 aromatic heterocycles. The Morgan fingerprint density at radius 2 is 2.31 bits per heavy atom. The number of nitrogens with zero attached hydrogens (tertiary/aromatic N) is 1. The van der Waals surface area contributed by atoms with Gasteiger partial charge in [0.2, 0.25) is 0 Å². The number of carbonyl (C=O) groups excluding carboxylic acids is 1. The molecule has 1 aromatic carbocycles. The molecule has 86 valence electrons. The summed E-state index contributed by atoms with van der Waals surface area (Å²) in [6.07, 6.45) is 0.872. The van der Waals surface area contributed by atoms with Crippen molar-refractivity contribution in [3.63, 3.8) is 0 Å². The molecule has 1 atom stereocenters. The van der Waals surface area contributed by atoms with E-state index in [1.54, 1.807) is 0 Å². The van der Waals surface area contributed by atoms with Gasteiger partial charge in [-0.2, -0.15) is 0 Å². The summed E-state index contributed by atoms with van der Waals surface area (Å²) in [6, 6.07) is 7.61. The molecule has 0 spiro atoms. The normalized spacial score (nSPS) is 20.2. The quantitative estimate of drug-likeness (QED) is 0.757. The molecule has 0 N–H and O–H groups in total. The minimum atomic E-state index is -0.154. The first-order chi connectivity index (χ1) is 7.72. The van der Waals surface area contributed by atoms with Gasteiger partial charge in [-0.3, -0.25) is 9.69 Å². The highest BCUT2D eigenvalue weighted by Crippen LogP contribution is 2.24. The number of likely N-dealkylation sites (tertiary alicyclic amines) is 1. The maximum Gasteiger partial charge on any atom is 0.323 e. The number of halogens is 1. The van der Waals surface area contributed by atoms with Crippen molar-refractivity contribution in [3.8, 4) is 0 Å². The average molecular weight is 240 g/mol. The van der Waals surface area contributed by atoms with Gasteiger partial charge in [0.25, 0.3) is 0 Å². The molecule has 1 fully saturated rings. The lowest BCUT2D eigenvalue weighted by Crippen LogP contribution is -2.52. The monoisotopic (exact) mass is 239 g/mol. The van der Waals surface area contributed by atoms with E-state index in [1.165, 1.54) is 7.11 Å². The molecule has 2 rings (SSSR count). The van der Waals surface area contributed by atoms with E-state index >= 15 is 0 Å². The highest BCUT2D eigenvalue weighted by molar-refractivity contribution is 6.31. The van der Waals surface area contributed by atoms with Gasteiger partial charge < -0.3 is 4.74 Å². The molecule has 1 saturated heterocycles. The zero-order valence-corrected chi connectivity index (χ0v) is 9.91. The Bertz CT molecular complexity index is 394. The standard InChI is InChI=1S/C12H14ClNO2/c1-16-12(15)11-6-7-14(11)8-9-4-2-3-5-10(9)13/h2-5,11H,6-8H2,1H3. The van der Waals surface area contributed by atoms with Crippen LogP contribution in [0.4, 0.5) is 0 Å². The summed E-state index contributed by atoms with van der Waals surface area (Å²) in [4.78, 5) is 13.5. The van der Waals surface area contributed by atoms with E-state index < -0.39 is 0 Å². The van der Waals surface area contributed by atoms with Crippen LogP contribution >= 0.6 is 11.6 Å². The maximum atomic E-state index is 11.4. The molecule has 0 aliphatic carbocycles. The van der Waals surface area contributed by atoms with Gasteiger partial charge in [0.1, 0.15) is 6.04 Å². The van der Waals surface area contributed by atoms with E-state index in [0.29, 0.717) is 6.54 Å². The summed E-state index contributed by atoms with van der Waals surface area (Å²) < 4.78 is 4.74. The topological polar surface area (TPSA) is 29.5 Å². The number of methoxy groups -OCH3 is 1. The summed E-state index contributed by atoms with van der Waals surface area (Å²) >= 11 is 6.07. The van der Waals surface area contributed by atoms with Crippen molar-refractivity contribution in [1.29, 1.82) is 0 Å². The fraction of sp³-hybridized carbons (Fsp3) is 0.417. The molecule has 0 amide bonds. The van der Waals surface area contributed by atoms with Gasteiger partial charge in [-0.25, -0.2) is 0 Å². The number of rotatable bonds is 3. The molecule has 4 heteroatoms. The second kappa shape index (κ2) is 4.85. The van der Waals surface area contributed by atoms with Gasteiger partial charge in [0.15, 0.2) is 0 Å². The summed E-state index contributed by atoms with van der Waals surface area (Å²) in [6.45, 7) is 1.63. The molecule has 16 heavy (non-hydrogen) atoms. The molecule has 1 unspecified atom stereocenters. The van der Waals surface area contributed by atoms with Gasteiger partial charge in [-0.15, -0.1) is 0 Å². The van der Waals surface area contributed by atoms with E-state index in [2.05, 4.69) is 4.90 Å². The first-order valence-corrected chi connectivity index (χ1v) is 5.65. The van der Waals surface area contributed by atoms with Crippen molar-refractivity contribution >= 4 is 17.6 Å². The predicted octanol–water partition coefficient (Wildman–Crippen LogP) is 2.09. The molecule has 1 aliphatic heterocycles. The number of ether oxygens (including phenoxy) is 1. The average Bonchev–Trinajstić information content (AvgIpc) is 2.26. The number of carbonyl (C=O) groups is 1. The Morgan fingerprint density at radius 3 is 2.88 bits per heavy atom. The maximum absolute atomic E-state index is 11.4. The third kappa shape index (κ3) is 2.20. The second-order valence-corrected chi connectivity index (χ2v) is 4.30. The van der Waals surface area contributed by atoms with Gasteiger partial charge in [-0.05, 0) is 18.1 Å². The van der Waals surface area contributed by atoms with E-state index in [-0.39, 0.29) is 12.0 Å². The fourth-order valence-electron chi connectivity index (χ4n) is 1.88. The molecule has 1 heterocycles. The fourth-order valence-corrected chi connectivity index (χ4v) is 2.07. The lowest BCUT2D eigenvalue weighted by Gasteiger charge is -2.38. The lowest BCUT2D eigenvalue weighted by molar-refractivity contribution is -0.152. The van der Waals surface area contributed by atoms with Crippen LogP contribution in [0.25, 0.3) is 0 Å². The summed E-state index contributed by atoms with van der Waals surface area (Å²) in [5.74, 6) is -0.154. The Balaban J connectivity index is 2.01. The Hall–Kier alpha value is -1.06. The van der Waals surface area contributed by atoms with Crippen LogP contribution in [0.5, 0.6) is 0 Å². The molecular formula is C12H14ClNO2. The van der Waals surface area contributed by atoms with E-state index in [0.717, 1.165) is 23.6 Å². The van der Waals surface area contributed by atoms with Crippen molar-refractivity contribution in [3.05, 3.63) is 34.9 Å². The van der Waals surface area contributed by atoms with Crippen molar-refractivity contribution < 1.29 is 9.53 Å². The van der Waals surface area contributed by atoms with Gasteiger partial charge in [0, 0.05) is 18.1 Å². The van der Waals surface area contributed by atoms with Crippen molar-refractivity contribution in [2.24, 2.45) is 0 Å². The largest absolute Gasteiger partial charge is 0.468 e. The summed E-state index contributed by atoms with van der Waals surface area (Å²) in [5, 5.41) is 0.748. The first-order valence-electron chi connectivity index (χ1n) is 5.27. The van der Waals surface area contributed by atoms with Crippen LogP contribution in [0.1, 0.15) is 12.0 Å². The van der Waals surface area contributed by atoms with Crippen molar-refractivity contribution in [2.45, 2.75) is 19.0 Å². The van der Waals surface area contributed by atoms with Gasteiger partial charge in [0.05, 0.1) is 7.11 Å². The second-order valence-electron chi connectivity index (χ2n) is 3.89. The molecule has 0 saturated carbocycles. The Morgan fingerprint density at radius 1 is 1.56 bits per heavy atom. The first kappa shape index (κ1) is 11.4. The highest BCUT2D eigenvalue weighted by Gasteiger charge is 2.34. The SMILES string of the molecule is COC(=O)C1CCN1Cc1ccccc1Cl. The van der Waals surface area contributed by atoms with Crippen LogP contribution < -0.4 is 0 Å². The summed E-state index contributed by atoms with van der Waals surface area (Å²) in [5.41, 5.74) is 1.05. The van der Waals surface area contributed by atoms with Crippen molar-refractivity contribution in [1.82, 2.24) is 4.90 Å². The zero-order valence-electron chi connectivity index (χ0n) is 9.15. The molecule has 1 aliphatic rings. The Labute approximate surface area is 100.0 Å².